The Hall–Kier alpha value is -1.33. The predicted octanol–water partition coefficient (Wildman–Crippen LogP) is 4.82. The molecule has 0 radical (unpaired) electrons. The van der Waals surface area contributed by atoms with Crippen LogP contribution in [0.4, 0.5) is 5.13 Å². The average molecular weight is 377 g/mol. The van der Waals surface area contributed by atoms with Gasteiger partial charge in [-0.2, -0.15) is 0 Å². The summed E-state index contributed by atoms with van der Waals surface area (Å²) in [6.45, 7) is 0. The number of thiazole rings is 1. The molecule has 1 aromatic heterocycles. The number of alkyl halides is 1. The monoisotopic (exact) mass is 376 g/mol. The number of amides is 1. The van der Waals surface area contributed by atoms with E-state index in [0.717, 1.165) is 48.1 Å². The van der Waals surface area contributed by atoms with E-state index in [0.29, 0.717) is 17.0 Å². The molecule has 4 nitrogen and oxygen atoms in total. The number of halogens is 1. The second kappa shape index (κ2) is 5.34. The summed E-state index contributed by atoms with van der Waals surface area (Å²) in [5, 5.41) is 3.79. The SMILES string of the molecule is COc1ccc2nc(NC(=O)C34C[C@H]5C[C@@H](CC(Cl)(C5)C3)C4)sc2c1. The number of anilines is 1. The van der Waals surface area contributed by atoms with Gasteiger partial charge in [-0.15, -0.1) is 11.6 Å². The number of carbonyl (C=O) groups excluding carboxylic acids is 1. The highest BCUT2D eigenvalue weighted by atomic mass is 35.5. The molecule has 2 aromatic rings. The Bertz CT molecular complexity index is 850. The maximum atomic E-state index is 13.2. The molecule has 1 N–H and O–H groups in total. The van der Waals surface area contributed by atoms with Crippen molar-refractivity contribution in [1.29, 1.82) is 0 Å². The van der Waals surface area contributed by atoms with Crippen molar-refractivity contribution < 1.29 is 9.53 Å². The van der Waals surface area contributed by atoms with Crippen molar-refractivity contribution >= 4 is 44.2 Å². The Morgan fingerprint density at radius 1 is 1.32 bits per heavy atom. The van der Waals surface area contributed by atoms with E-state index < -0.39 is 0 Å². The van der Waals surface area contributed by atoms with E-state index in [-0.39, 0.29) is 16.2 Å². The number of methoxy groups -OCH3 is 1. The Labute approximate surface area is 155 Å². The van der Waals surface area contributed by atoms with Crippen LogP contribution < -0.4 is 10.1 Å². The van der Waals surface area contributed by atoms with E-state index in [2.05, 4.69) is 10.3 Å². The van der Waals surface area contributed by atoms with Gasteiger partial charge in [0.15, 0.2) is 5.13 Å². The highest BCUT2D eigenvalue weighted by Gasteiger charge is 2.60. The second-order valence-electron chi connectivity index (χ2n) is 8.20. The van der Waals surface area contributed by atoms with E-state index in [9.17, 15) is 4.79 Å². The molecule has 4 aliphatic rings. The molecule has 4 bridgehead atoms. The quantitative estimate of drug-likeness (QED) is 0.781. The zero-order valence-corrected chi connectivity index (χ0v) is 15.8. The molecule has 0 unspecified atom stereocenters. The van der Waals surface area contributed by atoms with Gasteiger partial charge in [0.05, 0.1) is 22.7 Å². The maximum absolute atomic E-state index is 13.2. The van der Waals surface area contributed by atoms with E-state index in [1.54, 1.807) is 7.11 Å². The van der Waals surface area contributed by atoms with Gasteiger partial charge in [0.2, 0.25) is 5.91 Å². The molecule has 1 amide bonds. The van der Waals surface area contributed by atoms with Crippen molar-refractivity contribution in [3.63, 3.8) is 0 Å². The molecule has 6 heteroatoms. The van der Waals surface area contributed by atoms with E-state index in [4.69, 9.17) is 16.3 Å². The van der Waals surface area contributed by atoms with Crippen molar-refractivity contribution in [1.82, 2.24) is 4.98 Å². The lowest BCUT2D eigenvalue weighted by atomic mass is 9.49. The number of benzene rings is 1. The summed E-state index contributed by atoms with van der Waals surface area (Å²) in [5.74, 6) is 2.16. The molecular weight excluding hydrogens is 356 g/mol. The van der Waals surface area contributed by atoms with Crippen LogP contribution in [0.3, 0.4) is 0 Å². The van der Waals surface area contributed by atoms with Crippen LogP contribution >= 0.6 is 22.9 Å². The molecule has 4 aliphatic carbocycles. The normalized spacial score (nSPS) is 35.9. The minimum atomic E-state index is -0.290. The van der Waals surface area contributed by atoms with Gasteiger partial charge in [-0.3, -0.25) is 4.79 Å². The summed E-state index contributed by atoms with van der Waals surface area (Å²) < 4.78 is 6.29. The van der Waals surface area contributed by atoms with Crippen molar-refractivity contribution in [3.05, 3.63) is 18.2 Å². The Balaban J connectivity index is 1.42. The molecule has 25 heavy (non-hydrogen) atoms. The molecule has 2 atom stereocenters. The second-order valence-corrected chi connectivity index (χ2v) is 10.0. The van der Waals surface area contributed by atoms with Gasteiger partial charge in [0.25, 0.3) is 0 Å². The Morgan fingerprint density at radius 3 is 2.76 bits per heavy atom. The Morgan fingerprint density at radius 2 is 2.08 bits per heavy atom. The number of rotatable bonds is 3. The number of fused-ring (bicyclic) bond motifs is 1. The lowest BCUT2D eigenvalue weighted by Gasteiger charge is -2.59. The Kier molecular flexibility index (Phi) is 3.39. The topological polar surface area (TPSA) is 51.2 Å². The van der Waals surface area contributed by atoms with Crippen molar-refractivity contribution in [2.24, 2.45) is 17.3 Å². The number of hydrogen-bond acceptors (Lipinski definition) is 4. The molecule has 0 aliphatic heterocycles. The third-order valence-corrected chi connectivity index (χ3v) is 7.66. The molecule has 0 saturated heterocycles. The summed E-state index contributed by atoms with van der Waals surface area (Å²) in [6, 6.07) is 5.78. The number of nitrogens with zero attached hydrogens (tertiary/aromatic N) is 1. The molecule has 4 fully saturated rings. The van der Waals surface area contributed by atoms with Crippen LogP contribution in [0.1, 0.15) is 38.5 Å². The minimum absolute atomic E-state index is 0.123. The standard InChI is InChI=1S/C19H21ClN2O2S/c1-24-13-2-3-14-15(5-13)25-17(21-14)22-16(23)18-6-11-4-12(7-18)9-19(20,8-11)10-18/h2-3,5,11-12H,4,6-10H2,1H3,(H,21,22,23)/t11-,12-,18?,19?/m1/s1. The van der Waals surface area contributed by atoms with E-state index in [1.807, 2.05) is 18.2 Å². The zero-order valence-electron chi connectivity index (χ0n) is 14.2. The van der Waals surface area contributed by atoms with Gasteiger partial charge in [0, 0.05) is 4.87 Å². The first kappa shape index (κ1) is 15.9. The summed E-state index contributed by atoms with van der Waals surface area (Å²) in [5.41, 5.74) is 0.599. The molecule has 0 spiro atoms. The molecule has 132 valence electrons. The number of ether oxygens (including phenoxy) is 1. The van der Waals surface area contributed by atoms with Crippen LogP contribution in [0.25, 0.3) is 10.2 Å². The number of aromatic nitrogens is 1. The third-order valence-electron chi connectivity index (χ3n) is 6.29. The first-order valence-corrected chi connectivity index (χ1v) is 10.1. The fourth-order valence-corrected chi connectivity index (χ4v) is 7.31. The first-order chi connectivity index (χ1) is 12.0. The smallest absolute Gasteiger partial charge is 0.232 e. The minimum Gasteiger partial charge on any atom is -0.497 e. The summed E-state index contributed by atoms with van der Waals surface area (Å²) in [6.07, 6.45) is 6.22. The molecule has 6 rings (SSSR count). The van der Waals surface area contributed by atoms with Crippen LogP contribution in [0.2, 0.25) is 0 Å². The third kappa shape index (κ3) is 2.55. The number of nitrogens with one attached hydrogen (secondary N) is 1. The lowest BCUT2D eigenvalue weighted by molar-refractivity contribution is -0.138. The molecule has 4 saturated carbocycles. The summed E-state index contributed by atoms with van der Waals surface area (Å²) >= 11 is 8.36. The zero-order chi connectivity index (χ0) is 17.2. The van der Waals surface area contributed by atoms with Crippen LogP contribution in [0.5, 0.6) is 5.75 Å². The van der Waals surface area contributed by atoms with Gasteiger partial charge >= 0.3 is 0 Å². The van der Waals surface area contributed by atoms with Crippen LogP contribution in [0, 0.1) is 17.3 Å². The lowest BCUT2D eigenvalue weighted by Crippen LogP contribution is -2.57. The van der Waals surface area contributed by atoms with Crippen LogP contribution in [0.15, 0.2) is 18.2 Å². The predicted molar refractivity (Wildman–Crippen MR) is 101 cm³/mol. The number of carbonyl (C=O) groups is 1. The van der Waals surface area contributed by atoms with E-state index >= 15 is 0 Å². The first-order valence-electron chi connectivity index (χ1n) is 8.92. The van der Waals surface area contributed by atoms with Crippen molar-refractivity contribution in [3.8, 4) is 5.75 Å². The highest BCUT2D eigenvalue weighted by molar-refractivity contribution is 7.22. The molecule has 1 heterocycles. The van der Waals surface area contributed by atoms with Crippen molar-refractivity contribution in [2.45, 2.75) is 43.4 Å². The fraction of sp³-hybridized carbons (Fsp3) is 0.579. The summed E-state index contributed by atoms with van der Waals surface area (Å²) in [4.78, 5) is 17.6. The van der Waals surface area contributed by atoms with Gasteiger partial charge in [-0.1, -0.05) is 11.3 Å². The van der Waals surface area contributed by atoms with Gasteiger partial charge in [-0.05, 0) is 68.6 Å². The fourth-order valence-electron chi connectivity index (χ4n) is 5.73. The summed E-state index contributed by atoms with van der Waals surface area (Å²) in [7, 11) is 1.65. The van der Waals surface area contributed by atoms with E-state index in [1.165, 1.54) is 17.8 Å². The van der Waals surface area contributed by atoms with Crippen LogP contribution in [-0.2, 0) is 4.79 Å². The highest BCUT2D eigenvalue weighted by Crippen LogP contribution is 2.64. The molecular formula is C19H21ClN2O2S. The van der Waals surface area contributed by atoms with Gasteiger partial charge < -0.3 is 10.1 Å². The van der Waals surface area contributed by atoms with Crippen molar-refractivity contribution in [2.75, 3.05) is 12.4 Å². The maximum Gasteiger partial charge on any atom is 0.232 e. The molecule has 1 aromatic carbocycles. The number of hydrogen-bond donors (Lipinski definition) is 1. The van der Waals surface area contributed by atoms with Crippen LogP contribution in [-0.4, -0.2) is 22.9 Å². The average Bonchev–Trinajstić information content (AvgIpc) is 2.93. The van der Waals surface area contributed by atoms with Gasteiger partial charge in [0.1, 0.15) is 5.75 Å². The largest absolute Gasteiger partial charge is 0.497 e. The van der Waals surface area contributed by atoms with Gasteiger partial charge in [-0.25, -0.2) is 4.98 Å².